The van der Waals surface area contributed by atoms with Crippen LogP contribution in [0.25, 0.3) is 11.4 Å². The van der Waals surface area contributed by atoms with Crippen molar-refractivity contribution >= 4 is 5.82 Å². The lowest BCUT2D eigenvalue weighted by atomic mass is 10.0. The summed E-state index contributed by atoms with van der Waals surface area (Å²) in [5.74, 6) is 2.21. The molecule has 0 spiro atoms. The highest BCUT2D eigenvalue weighted by molar-refractivity contribution is 5.58. The van der Waals surface area contributed by atoms with E-state index in [2.05, 4.69) is 60.3 Å². The second-order valence-corrected chi connectivity index (χ2v) is 4.95. The van der Waals surface area contributed by atoms with Gasteiger partial charge in [0.25, 0.3) is 0 Å². The number of hydrogen-bond donors (Lipinski definition) is 1. The lowest BCUT2D eigenvalue weighted by molar-refractivity contribution is 0.866. The predicted octanol–water partition coefficient (Wildman–Crippen LogP) is 3.87. The fourth-order valence-corrected chi connectivity index (χ4v) is 1.95. The standard InChI is InChI=1S/C16H21N3/c1-5-14-10-15(17-4)19-16(18-14)13-8-6-12(7-9-13)11(2)3/h6-11H,5H2,1-4H3,(H,17,18,19). The van der Waals surface area contributed by atoms with E-state index in [1.165, 1.54) is 5.56 Å². The molecule has 0 fully saturated rings. The van der Waals surface area contributed by atoms with Crippen molar-refractivity contribution in [1.29, 1.82) is 0 Å². The number of nitrogens with zero attached hydrogens (tertiary/aromatic N) is 2. The monoisotopic (exact) mass is 255 g/mol. The number of benzene rings is 1. The fraction of sp³-hybridized carbons (Fsp3) is 0.375. The second kappa shape index (κ2) is 5.83. The molecule has 19 heavy (non-hydrogen) atoms. The molecule has 0 amide bonds. The van der Waals surface area contributed by atoms with E-state index < -0.39 is 0 Å². The molecule has 0 radical (unpaired) electrons. The lowest BCUT2D eigenvalue weighted by Crippen LogP contribution is -2.00. The number of rotatable bonds is 4. The van der Waals surface area contributed by atoms with Crippen LogP contribution in [-0.2, 0) is 6.42 Å². The molecule has 100 valence electrons. The van der Waals surface area contributed by atoms with Gasteiger partial charge >= 0.3 is 0 Å². The third-order valence-corrected chi connectivity index (χ3v) is 3.23. The van der Waals surface area contributed by atoms with Crippen molar-refractivity contribution in [3.05, 3.63) is 41.6 Å². The highest BCUT2D eigenvalue weighted by Gasteiger charge is 2.06. The Balaban J connectivity index is 2.40. The molecular weight excluding hydrogens is 234 g/mol. The van der Waals surface area contributed by atoms with Gasteiger partial charge in [-0.05, 0) is 17.9 Å². The Kier molecular flexibility index (Phi) is 4.15. The summed E-state index contributed by atoms with van der Waals surface area (Å²) in [7, 11) is 1.88. The van der Waals surface area contributed by atoms with Crippen LogP contribution in [0.4, 0.5) is 5.82 Å². The Labute approximate surface area is 115 Å². The largest absolute Gasteiger partial charge is 0.373 e. The highest BCUT2D eigenvalue weighted by atomic mass is 15.0. The van der Waals surface area contributed by atoms with Gasteiger partial charge in [0, 0.05) is 24.4 Å². The van der Waals surface area contributed by atoms with Crippen molar-refractivity contribution in [3.63, 3.8) is 0 Å². The van der Waals surface area contributed by atoms with E-state index in [9.17, 15) is 0 Å². The molecule has 2 rings (SSSR count). The molecule has 2 aromatic rings. The van der Waals surface area contributed by atoms with Crippen molar-refractivity contribution in [2.75, 3.05) is 12.4 Å². The molecule has 1 N–H and O–H groups in total. The number of nitrogens with one attached hydrogen (secondary N) is 1. The van der Waals surface area contributed by atoms with Crippen LogP contribution in [0.1, 0.15) is 37.9 Å². The predicted molar refractivity (Wildman–Crippen MR) is 80.5 cm³/mol. The summed E-state index contributed by atoms with van der Waals surface area (Å²) in [5, 5.41) is 3.09. The minimum atomic E-state index is 0.546. The summed E-state index contributed by atoms with van der Waals surface area (Å²) in [5.41, 5.74) is 3.46. The Hall–Kier alpha value is -1.90. The van der Waals surface area contributed by atoms with Crippen LogP contribution in [0.15, 0.2) is 30.3 Å². The van der Waals surface area contributed by atoms with Crippen LogP contribution >= 0.6 is 0 Å². The van der Waals surface area contributed by atoms with Crippen LogP contribution in [0.3, 0.4) is 0 Å². The van der Waals surface area contributed by atoms with Crippen LogP contribution in [0, 0.1) is 0 Å². The van der Waals surface area contributed by atoms with Crippen LogP contribution < -0.4 is 5.32 Å². The first-order valence-corrected chi connectivity index (χ1v) is 6.80. The Morgan fingerprint density at radius 2 is 1.79 bits per heavy atom. The van der Waals surface area contributed by atoms with Crippen molar-refractivity contribution < 1.29 is 0 Å². The molecule has 0 unspecified atom stereocenters. The van der Waals surface area contributed by atoms with Crippen LogP contribution in [-0.4, -0.2) is 17.0 Å². The van der Waals surface area contributed by atoms with Gasteiger partial charge in [-0.15, -0.1) is 0 Å². The van der Waals surface area contributed by atoms with E-state index in [-0.39, 0.29) is 0 Å². The van der Waals surface area contributed by atoms with Crippen LogP contribution in [0.5, 0.6) is 0 Å². The SMILES string of the molecule is CCc1cc(NC)nc(-c2ccc(C(C)C)cc2)n1. The zero-order valence-electron chi connectivity index (χ0n) is 12.1. The minimum Gasteiger partial charge on any atom is -0.373 e. The summed E-state index contributed by atoms with van der Waals surface area (Å²) in [6.07, 6.45) is 0.911. The molecule has 1 aromatic heterocycles. The van der Waals surface area contributed by atoms with E-state index in [1.807, 2.05) is 13.1 Å². The third-order valence-electron chi connectivity index (χ3n) is 3.23. The maximum atomic E-state index is 4.59. The molecule has 3 heteroatoms. The molecular formula is C16H21N3. The van der Waals surface area contributed by atoms with E-state index in [1.54, 1.807) is 0 Å². The van der Waals surface area contributed by atoms with Crippen molar-refractivity contribution in [2.24, 2.45) is 0 Å². The topological polar surface area (TPSA) is 37.8 Å². The second-order valence-electron chi connectivity index (χ2n) is 4.95. The molecule has 1 heterocycles. The average Bonchev–Trinajstić information content (AvgIpc) is 2.46. The lowest BCUT2D eigenvalue weighted by Gasteiger charge is -2.09. The van der Waals surface area contributed by atoms with Gasteiger partial charge in [-0.1, -0.05) is 45.0 Å². The Morgan fingerprint density at radius 3 is 2.32 bits per heavy atom. The third kappa shape index (κ3) is 3.11. The molecule has 0 aliphatic rings. The van der Waals surface area contributed by atoms with Gasteiger partial charge in [0.15, 0.2) is 5.82 Å². The molecule has 1 aromatic carbocycles. The van der Waals surface area contributed by atoms with Gasteiger partial charge in [0.05, 0.1) is 0 Å². The first-order chi connectivity index (χ1) is 9.13. The molecule has 0 saturated heterocycles. The smallest absolute Gasteiger partial charge is 0.161 e. The van der Waals surface area contributed by atoms with E-state index in [4.69, 9.17) is 0 Å². The molecule has 0 aliphatic heterocycles. The van der Waals surface area contributed by atoms with Crippen molar-refractivity contribution in [2.45, 2.75) is 33.1 Å². The van der Waals surface area contributed by atoms with Crippen LogP contribution in [0.2, 0.25) is 0 Å². The normalized spacial score (nSPS) is 10.8. The number of aromatic nitrogens is 2. The van der Waals surface area contributed by atoms with Gasteiger partial charge in [-0.3, -0.25) is 0 Å². The Bertz CT molecular complexity index is 522. The molecule has 3 nitrogen and oxygen atoms in total. The quantitative estimate of drug-likeness (QED) is 0.901. The summed E-state index contributed by atoms with van der Waals surface area (Å²) in [6.45, 7) is 6.50. The number of aryl methyl sites for hydroxylation is 1. The van der Waals surface area contributed by atoms with Gasteiger partial charge in [0.1, 0.15) is 5.82 Å². The maximum absolute atomic E-state index is 4.59. The molecule has 0 atom stereocenters. The molecule has 0 bridgehead atoms. The zero-order valence-corrected chi connectivity index (χ0v) is 12.1. The fourth-order valence-electron chi connectivity index (χ4n) is 1.95. The summed E-state index contributed by atoms with van der Waals surface area (Å²) >= 11 is 0. The van der Waals surface area contributed by atoms with E-state index in [0.29, 0.717) is 5.92 Å². The van der Waals surface area contributed by atoms with E-state index >= 15 is 0 Å². The van der Waals surface area contributed by atoms with E-state index in [0.717, 1.165) is 29.3 Å². The summed E-state index contributed by atoms with van der Waals surface area (Å²) in [4.78, 5) is 9.12. The van der Waals surface area contributed by atoms with Gasteiger partial charge in [0.2, 0.25) is 0 Å². The maximum Gasteiger partial charge on any atom is 0.161 e. The number of anilines is 1. The summed E-state index contributed by atoms with van der Waals surface area (Å²) in [6, 6.07) is 10.5. The first-order valence-electron chi connectivity index (χ1n) is 6.80. The molecule has 0 aliphatic carbocycles. The van der Waals surface area contributed by atoms with Gasteiger partial charge in [-0.2, -0.15) is 0 Å². The highest BCUT2D eigenvalue weighted by Crippen LogP contribution is 2.21. The molecule has 0 saturated carbocycles. The summed E-state index contributed by atoms with van der Waals surface area (Å²) < 4.78 is 0. The van der Waals surface area contributed by atoms with Crippen molar-refractivity contribution in [1.82, 2.24) is 9.97 Å². The van der Waals surface area contributed by atoms with Gasteiger partial charge < -0.3 is 5.32 Å². The first kappa shape index (κ1) is 13.5. The van der Waals surface area contributed by atoms with Crippen molar-refractivity contribution in [3.8, 4) is 11.4 Å². The zero-order chi connectivity index (χ0) is 13.8. The van der Waals surface area contributed by atoms with Gasteiger partial charge in [-0.25, -0.2) is 9.97 Å². The minimum absolute atomic E-state index is 0.546. The average molecular weight is 255 g/mol. The number of hydrogen-bond acceptors (Lipinski definition) is 3. The Morgan fingerprint density at radius 1 is 1.11 bits per heavy atom.